The molecular formula is C18H18N4O2. The van der Waals surface area contributed by atoms with Crippen molar-refractivity contribution in [1.82, 2.24) is 14.8 Å². The number of hydrogen-bond acceptors (Lipinski definition) is 4. The summed E-state index contributed by atoms with van der Waals surface area (Å²) in [5, 5.41) is 17.1. The van der Waals surface area contributed by atoms with Crippen molar-refractivity contribution in [2.75, 3.05) is 6.61 Å². The number of carbonyl (C=O) groups is 1. The van der Waals surface area contributed by atoms with E-state index in [1.807, 2.05) is 24.4 Å². The number of fused-ring (bicyclic) bond motifs is 1. The fourth-order valence-corrected chi connectivity index (χ4v) is 2.80. The van der Waals surface area contributed by atoms with Crippen molar-refractivity contribution < 1.29 is 9.53 Å². The Morgan fingerprint density at radius 3 is 2.92 bits per heavy atom. The zero-order valence-electron chi connectivity index (χ0n) is 13.8. The van der Waals surface area contributed by atoms with Crippen molar-refractivity contribution in [2.45, 2.75) is 26.8 Å². The van der Waals surface area contributed by atoms with E-state index < -0.39 is 5.97 Å². The van der Waals surface area contributed by atoms with Crippen molar-refractivity contribution in [3.05, 3.63) is 41.7 Å². The van der Waals surface area contributed by atoms with Crippen LogP contribution in [0, 0.1) is 11.3 Å². The van der Waals surface area contributed by atoms with Gasteiger partial charge in [-0.05, 0) is 32.9 Å². The molecule has 3 rings (SSSR count). The first-order chi connectivity index (χ1) is 11.6. The molecule has 1 aromatic carbocycles. The minimum atomic E-state index is -0.415. The first-order valence-corrected chi connectivity index (χ1v) is 7.82. The van der Waals surface area contributed by atoms with E-state index >= 15 is 0 Å². The zero-order chi connectivity index (χ0) is 17.3. The summed E-state index contributed by atoms with van der Waals surface area (Å²) in [4.78, 5) is 12.0. The summed E-state index contributed by atoms with van der Waals surface area (Å²) in [6.45, 7) is 6.21. The molecule has 3 aromatic rings. The van der Waals surface area contributed by atoms with Gasteiger partial charge < -0.3 is 9.30 Å². The molecule has 2 heterocycles. The van der Waals surface area contributed by atoms with Crippen LogP contribution in [0.1, 0.15) is 42.7 Å². The first kappa shape index (κ1) is 15.8. The van der Waals surface area contributed by atoms with Gasteiger partial charge in [-0.3, -0.25) is 5.10 Å². The third kappa shape index (κ3) is 2.54. The Hall–Kier alpha value is -3.07. The minimum absolute atomic E-state index is 0.252. The highest BCUT2D eigenvalue weighted by molar-refractivity contribution is 5.98. The fourth-order valence-electron chi connectivity index (χ4n) is 2.80. The van der Waals surface area contributed by atoms with Gasteiger partial charge in [-0.2, -0.15) is 10.4 Å². The molecule has 0 saturated carbocycles. The van der Waals surface area contributed by atoms with E-state index in [4.69, 9.17) is 4.74 Å². The quantitative estimate of drug-likeness (QED) is 0.743. The second kappa shape index (κ2) is 6.20. The fraction of sp³-hybridized carbons (Fsp3) is 0.278. The van der Waals surface area contributed by atoms with Gasteiger partial charge in [-0.1, -0.05) is 6.07 Å². The van der Waals surface area contributed by atoms with Gasteiger partial charge in [0.15, 0.2) is 0 Å². The number of aromatic nitrogens is 3. The standard InChI is InChI=1S/C18H18N4O2/c1-4-24-18(23)15-9-20-21-17(15)12-5-6-16-14(7-12)13(8-19)10-22(16)11(2)3/h5-7,9-11H,4H2,1-3H3,(H,20,21). The molecule has 0 aliphatic rings. The molecule has 0 aliphatic heterocycles. The molecule has 0 radical (unpaired) electrons. The van der Waals surface area contributed by atoms with E-state index in [9.17, 15) is 10.1 Å². The summed E-state index contributed by atoms with van der Waals surface area (Å²) in [7, 11) is 0. The SMILES string of the molecule is CCOC(=O)c1cn[nH]c1-c1ccc2c(c1)c(C#N)cn2C(C)C. The average Bonchev–Trinajstić information content (AvgIpc) is 3.19. The van der Waals surface area contributed by atoms with Crippen LogP contribution >= 0.6 is 0 Å². The maximum Gasteiger partial charge on any atom is 0.341 e. The Bertz CT molecular complexity index is 944. The maximum absolute atomic E-state index is 12.0. The number of carbonyl (C=O) groups excluding carboxylic acids is 1. The summed E-state index contributed by atoms with van der Waals surface area (Å²) < 4.78 is 7.13. The lowest BCUT2D eigenvalue weighted by Crippen LogP contribution is -2.05. The number of nitrogens with zero attached hydrogens (tertiary/aromatic N) is 3. The van der Waals surface area contributed by atoms with Gasteiger partial charge in [0, 0.05) is 28.7 Å². The number of benzene rings is 1. The van der Waals surface area contributed by atoms with Crippen molar-refractivity contribution in [3.8, 4) is 17.3 Å². The van der Waals surface area contributed by atoms with Crippen LogP contribution < -0.4 is 0 Å². The molecule has 0 aliphatic carbocycles. The second-order valence-corrected chi connectivity index (χ2v) is 5.77. The minimum Gasteiger partial charge on any atom is -0.462 e. The third-order valence-corrected chi connectivity index (χ3v) is 3.93. The zero-order valence-corrected chi connectivity index (χ0v) is 13.8. The van der Waals surface area contributed by atoms with E-state index in [1.54, 1.807) is 6.92 Å². The summed E-state index contributed by atoms with van der Waals surface area (Å²) in [6.07, 6.45) is 3.32. The third-order valence-electron chi connectivity index (χ3n) is 3.93. The predicted molar refractivity (Wildman–Crippen MR) is 90.6 cm³/mol. The van der Waals surface area contributed by atoms with Gasteiger partial charge in [0.25, 0.3) is 0 Å². The number of esters is 1. The van der Waals surface area contributed by atoms with Crippen LogP contribution in [0.4, 0.5) is 0 Å². The number of rotatable bonds is 4. The Balaban J connectivity index is 2.15. The van der Waals surface area contributed by atoms with Crippen molar-refractivity contribution in [2.24, 2.45) is 0 Å². The van der Waals surface area contributed by atoms with E-state index in [1.165, 1.54) is 6.20 Å². The molecule has 0 fully saturated rings. The van der Waals surface area contributed by atoms with Gasteiger partial charge in [0.1, 0.15) is 11.6 Å². The lowest BCUT2D eigenvalue weighted by atomic mass is 10.0. The lowest BCUT2D eigenvalue weighted by Gasteiger charge is -2.09. The van der Waals surface area contributed by atoms with Crippen LogP contribution in [0.3, 0.4) is 0 Å². The molecule has 1 N–H and O–H groups in total. The van der Waals surface area contributed by atoms with Crippen LogP contribution in [0.15, 0.2) is 30.6 Å². The molecule has 0 saturated heterocycles. The molecule has 2 aromatic heterocycles. The Labute approximate surface area is 139 Å². The molecule has 24 heavy (non-hydrogen) atoms. The Kier molecular flexibility index (Phi) is 4.09. The number of ether oxygens (including phenoxy) is 1. The molecule has 0 bridgehead atoms. The highest BCUT2D eigenvalue weighted by Crippen LogP contribution is 2.30. The first-order valence-electron chi connectivity index (χ1n) is 7.82. The Morgan fingerprint density at radius 2 is 2.25 bits per heavy atom. The van der Waals surface area contributed by atoms with Gasteiger partial charge in [0.2, 0.25) is 0 Å². The number of aromatic amines is 1. The number of nitriles is 1. The molecule has 0 amide bonds. The molecule has 122 valence electrons. The highest BCUT2D eigenvalue weighted by Gasteiger charge is 2.18. The normalized spacial score (nSPS) is 11.0. The molecule has 6 heteroatoms. The molecule has 0 atom stereocenters. The monoisotopic (exact) mass is 322 g/mol. The summed E-state index contributed by atoms with van der Waals surface area (Å²) in [5.74, 6) is -0.415. The molecule has 0 unspecified atom stereocenters. The number of nitrogens with one attached hydrogen (secondary N) is 1. The van der Waals surface area contributed by atoms with Gasteiger partial charge >= 0.3 is 5.97 Å². The lowest BCUT2D eigenvalue weighted by molar-refractivity contribution is 0.0527. The van der Waals surface area contributed by atoms with E-state index in [-0.39, 0.29) is 6.04 Å². The Morgan fingerprint density at radius 1 is 1.46 bits per heavy atom. The van der Waals surface area contributed by atoms with Gasteiger partial charge in [0.05, 0.1) is 24.1 Å². The van der Waals surface area contributed by atoms with Crippen LogP contribution in [0.25, 0.3) is 22.2 Å². The van der Waals surface area contributed by atoms with Crippen molar-refractivity contribution in [3.63, 3.8) is 0 Å². The van der Waals surface area contributed by atoms with E-state index in [0.29, 0.717) is 23.4 Å². The van der Waals surface area contributed by atoms with Gasteiger partial charge in [-0.25, -0.2) is 4.79 Å². The maximum atomic E-state index is 12.0. The van der Waals surface area contributed by atoms with Crippen molar-refractivity contribution >= 4 is 16.9 Å². The molecular weight excluding hydrogens is 304 g/mol. The largest absolute Gasteiger partial charge is 0.462 e. The van der Waals surface area contributed by atoms with Crippen LogP contribution in [-0.2, 0) is 4.74 Å². The number of hydrogen-bond donors (Lipinski definition) is 1. The second-order valence-electron chi connectivity index (χ2n) is 5.77. The predicted octanol–water partition coefficient (Wildman–Crippen LogP) is 3.66. The van der Waals surface area contributed by atoms with Crippen LogP contribution in [0.5, 0.6) is 0 Å². The highest BCUT2D eigenvalue weighted by atomic mass is 16.5. The topological polar surface area (TPSA) is 83.7 Å². The molecule has 6 nitrogen and oxygen atoms in total. The summed E-state index contributed by atoms with van der Waals surface area (Å²) >= 11 is 0. The number of H-pyrrole nitrogens is 1. The summed E-state index contributed by atoms with van der Waals surface area (Å²) in [6, 6.07) is 8.27. The van der Waals surface area contributed by atoms with Crippen LogP contribution in [-0.4, -0.2) is 27.3 Å². The summed E-state index contributed by atoms with van der Waals surface area (Å²) in [5.41, 5.74) is 3.37. The van der Waals surface area contributed by atoms with Crippen molar-refractivity contribution in [1.29, 1.82) is 5.26 Å². The van der Waals surface area contributed by atoms with E-state index in [0.717, 1.165) is 16.5 Å². The molecule has 0 spiro atoms. The van der Waals surface area contributed by atoms with E-state index in [2.05, 4.69) is 34.7 Å². The van der Waals surface area contributed by atoms with Gasteiger partial charge in [-0.15, -0.1) is 0 Å². The average molecular weight is 322 g/mol. The van der Waals surface area contributed by atoms with Crippen LogP contribution in [0.2, 0.25) is 0 Å². The smallest absolute Gasteiger partial charge is 0.341 e.